The fourth-order valence-electron chi connectivity index (χ4n) is 4.05. The summed E-state index contributed by atoms with van der Waals surface area (Å²) in [6.45, 7) is 9.94. The van der Waals surface area contributed by atoms with E-state index in [4.69, 9.17) is 4.74 Å². The molecule has 0 unspecified atom stereocenters. The highest BCUT2D eigenvalue weighted by Gasteiger charge is 2.36. The van der Waals surface area contributed by atoms with Crippen molar-refractivity contribution in [1.29, 1.82) is 0 Å². The zero-order valence-electron chi connectivity index (χ0n) is 16.6. The standard InChI is InChI=1S/C19H38N4O.HI/c1-16(2)14-23-11-5-7-17(23)13-21-18(20-3)22-15-19(8-6-9-19)10-12-24-4;/h16-17H,5-15H2,1-4H3,(H2,20,21,22);1H/t17-;/m1./s1. The van der Waals surface area contributed by atoms with E-state index >= 15 is 0 Å². The van der Waals surface area contributed by atoms with Crippen molar-refractivity contribution in [3.63, 3.8) is 0 Å². The number of guanidine groups is 1. The highest BCUT2D eigenvalue weighted by atomic mass is 127. The number of methoxy groups -OCH3 is 1. The summed E-state index contributed by atoms with van der Waals surface area (Å²) in [7, 11) is 3.67. The second-order valence-corrected chi connectivity index (χ2v) is 8.09. The lowest BCUT2D eigenvalue weighted by Gasteiger charge is -2.42. The summed E-state index contributed by atoms with van der Waals surface area (Å²) >= 11 is 0. The molecule has 0 aromatic carbocycles. The maximum Gasteiger partial charge on any atom is 0.191 e. The third kappa shape index (κ3) is 7.21. The van der Waals surface area contributed by atoms with Crippen molar-refractivity contribution < 1.29 is 4.74 Å². The van der Waals surface area contributed by atoms with E-state index in [1.54, 1.807) is 7.11 Å². The maximum absolute atomic E-state index is 5.29. The molecule has 2 N–H and O–H groups in total. The minimum absolute atomic E-state index is 0. The summed E-state index contributed by atoms with van der Waals surface area (Å²) in [5.74, 6) is 1.69. The Morgan fingerprint density at radius 2 is 2.04 bits per heavy atom. The van der Waals surface area contributed by atoms with Gasteiger partial charge in [0.15, 0.2) is 5.96 Å². The second kappa shape index (κ2) is 11.6. The molecule has 1 aliphatic heterocycles. The molecule has 1 heterocycles. The number of nitrogens with one attached hydrogen (secondary N) is 2. The highest BCUT2D eigenvalue weighted by molar-refractivity contribution is 14.0. The first-order valence-corrected chi connectivity index (χ1v) is 9.76. The molecule has 0 radical (unpaired) electrons. The van der Waals surface area contributed by atoms with E-state index in [2.05, 4.69) is 34.4 Å². The molecule has 0 bridgehead atoms. The molecule has 0 aromatic heterocycles. The molecule has 2 rings (SSSR count). The Hall–Kier alpha value is -0.0800. The first-order valence-electron chi connectivity index (χ1n) is 9.76. The van der Waals surface area contributed by atoms with Crippen LogP contribution in [0.5, 0.6) is 0 Å². The topological polar surface area (TPSA) is 48.9 Å². The number of hydrogen-bond donors (Lipinski definition) is 2. The Balaban J connectivity index is 0.00000312. The monoisotopic (exact) mass is 466 g/mol. The minimum Gasteiger partial charge on any atom is -0.385 e. The third-order valence-electron chi connectivity index (χ3n) is 5.71. The van der Waals surface area contributed by atoms with Crippen LogP contribution >= 0.6 is 24.0 Å². The SMILES string of the molecule is CN=C(NC[C@H]1CCCN1CC(C)C)NCC1(CCOC)CCC1.I. The molecule has 25 heavy (non-hydrogen) atoms. The minimum atomic E-state index is 0. The van der Waals surface area contributed by atoms with E-state index in [0.717, 1.165) is 38.0 Å². The van der Waals surface area contributed by atoms with E-state index in [0.29, 0.717) is 11.5 Å². The Labute approximate surface area is 171 Å². The summed E-state index contributed by atoms with van der Waals surface area (Å²) in [6.07, 6.45) is 7.75. The third-order valence-corrected chi connectivity index (χ3v) is 5.71. The van der Waals surface area contributed by atoms with Crippen molar-refractivity contribution in [3.05, 3.63) is 0 Å². The molecular weight excluding hydrogens is 427 g/mol. The van der Waals surface area contributed by atoms with Crippen LogP contribution in [-0.2, 0) is 4.74 Å². The lowest BCUT2D eigenvalue weighted by Crippen LogP contribution is -2.49. The lowest BCUT2D eigenvalue weighted by atomic mass is 9.67. The van der Waals surface area contributed by atoms with Gasteiger partial charge in [-0.05, 0) is 50.0 Å². The summed E-state index contributed by atoms with van der Waals surface area (Å²) in [4.78, 5) is 7.06. The first-order chi connectivity index (χ1) is 11.6. The molecule has 148 valence electrons. The largest absolute Gasteiger partial charge is 0.385 e. The molecule has 5 nitrogen and oxygen atoms in total. The fraction of sp³-hybridized carbons (Fsp3) is 0.947. The van der Waals surface area contributed by atoms with Crippen molar-refractivity contribution in [2.45, 2.75) is 58.4 Å². The number of likely N-dealkylation sites (tertiary alicyclic amines) is 1. The molecule has 0 aromatic rings. The van der Waals surface area contributed by atoms with Crippen LogP contribution in [0.15, 0.2) is 4.99 Å². The van der Waals surface area contributed by atoms with Crippen LogP contribution in [0.25, 0.3) is 0 Å². The average Bonchev–Trinajstić information content (AvgIpc) is 2.95. The van der Waals surface area contributed by atoms with Gasteiger partial charge in [-0.1, -0.05) is 20.3 Å². The predicted molar refractivity (Wildman–Crippen MR) is 117 cm³/mol. The Morgan fingerprint density at radius 1 is 1.28 bits per heavy atom. The lowest BCUT2D eigenvalue weighted by molar-refractivity contribution is 0.0732. The van der Waals surface area contributed by atoms with Crippen molar-refractivity contribution in [3.8, 4) is 0 Å². The quantitative estimate of drug-likeness (QED) is 0.312. The van der Waals surface area contributed by atoms with Gasteiger partial charge in [-0.25, -0.2) is 0 Å². The zero-order valence-corrected chi connectivity index (χ0v) is 19.0. The molecule has 2 aliphatic rings. The Morgan fingerprint density at radius 3 is 2.60 bits per heavy atom. The van der Waals surface area contributed by atoms with E-state index in [-0.39, 0.29) is 24.0 Å². The molecule has 0 amide bonds. The molecule has 1 saturated heterocycles. The number of ether oxygens (including phenoxy) is 1. The molecule has 6 heteroatoms. The van der Waals surface area contributed by atoms with Crippen LogP contribution in [0, 0.1) is 11.3 Å². The van der Waals surface area contributed by atoms with Gasteiger partial charge in [-0.3, -0.25) is 9.89 Å². The van der Waals surface area contributed by atoms with Gasteiger partial charge in [-0.2, -0.15) is 0 Å². The summed E-state index contributed by atoms with van der Waals surface area (Å²) in [6, 6.07) is 0.650. The molecule has 0 spiro atoms. The van der Waals surface area contributed by atoms with E-state index < -0.39 is 0 Å². The van der Waals surface area contributed by atoms with Gasteiger partial charge >= 0.3 is 0 Å². The number of rotatable bonds is 9. The van der Waals surface area contributed by atoms with Gasteiger partial charge in [0.25, 0.3) is 0 Å². The normalized spacial score (nSPS) is 23.2. The molecule has 1 aliphatic carbocycles. The van der Waals surface area contributed by atoms with Crippen LogP contribution in [0.1, 0.15) is 52.4 Å². The molecule has 1 atom stereocenters. The molecular formula is C19H39IN4O. The Kier molecular flexibility index (Phi) is 10.6. The van der Waals surface area contributed by atoms with Crippen molar-refractivity contribution in [1.82, 2.24) is 15.5 Å². The summed E-state index contributed by atoms with van der Waals surface area (Å²) < 4.78 is 5.29. The van der Waals surface area contributed by atoms with Gasteiger partial charge < -0.3 is 15.4 Å². The van der Waals surface area contributed by atoms with Gasteiger partial charge in [0.05, 0.1) is 0 Å². The van der Waals surface area contributed by atoms with Crippen LogP contribution in [0.2, 0.25) is 0 Å². The first kappa shape index (κ1) is 23.0. The number of aliphatic imine (C=N–C) groups is 1. The van der Waals surface area contributed by atoms with Gasteiger partial charge in [-0.15, -0.1) is 24.0 Å². The van der Waals surface area contributed by atoms with Crippen molar-refractivity contribution >= 4 is 29.9 Å². The van der Waals surface area contributed by atoms with Crippen LogP contribution in [-0.4, -0.2) is 63.8 Å². The number of hydrogen-bond acceptors (Lipinski definition) is 3. The van der Waals surface area contributed by atoms with Crippen LogP contribution in [0.4, 0.5) is 0 Å². The van der Waals surface area contributed by atoms with E-state index in [1.165, 1.54) is 45.2 Å². The maximum atomic E-state index is 5.29. The van der Waals surface area contributed by atoms with Gasteiger partial charge in [0, 0.05) is 46.4 Å². The summed E-state index contributed by atoms with van der Waals surface area (Å²) in [5.41, 5.74) is 0.421. The van der Waals surface area contributed by atoms with Crippen molar-refractivity contribution in [2.24, 2.45) is 16.3 Å². The predicted octanol–water partition coefficient (Wildman–Crippen LogP) is 3.10. The molecule has 2 fully saturated rings. The number of nitrogens with zero attached hydrogens (tertiary/aromatic N) is 2. The molecule has 1 saturated carbocycles. The Bertz CT molecular complexity index is 399. The van der Waals surface area contributed by atoms with E-state index in [1.807, 2.05) is 7.05 Å². The second-order valence-electron chi connectivity index (χ2n) is 8.09. The van der Waals surface area contributed by atoms with Crippen LogP contribution in [0.3, 0.4) is 0 Å². The number of halogens is 1. The van der Waals surface area contributed by atoms with E-state index in [9.17, 15) is 0 Å². The zero-order chi connectivity index (χ0) is 17.4. The summed E-state index contributed by atoms with van der Waals surface area (Å²) in [5, 5.41) is 7.12. The van der Waals surface area contributed by atoms with Gasteiger partial charge in [0.2, 0.25) is 0 Å². The van der Waals surface area contributed by atoms with Gasteiger partial charge in [0.1, 0.15) is 0 Å². The highest BCUT2D eigenvalue weighted by Crippen LogP contribution is 2.43. The fourth-order valence-corrected chi connectivity index (χ4v) is 4.05. The van der Waals surface area contributed by atoms with Crippen LogP contribution < -0.4 is 10.6 Å². The van der Waals surface area contributed by atoms with Crippen molar-refractivity contribution in [2.75, 3.05) is 46.9 Å². The average molecular weight is 466 g/mol. The smallest absolute Gasteiger partial charge is 0.191 e.